The van der Waals surface area contributed by atoms with Crippen molar-refractivity contribution >= 4 is 10.0 Å². The third-order valence-corrected chi connectivity index (χ3v) is 4.20. The number of rotatable bonds is 8. The van der Waals surface area contributed by atoms with Crippen molar-refractivity contribution < 1.29 is 13.2 Å². The van der Waals surface area contributed by atoms with Crippen LogP contribution >= 0.6 is 0 Å². The molecule has 1 N–H and O–H groups in total. The number of benzene rings is 1. The number of hydrogen-bond acceptors (Lipinski definition) is 6. The summed E-state index contributed by atoms with van der Waals surface area (Å²) in [4.78, 5) is 14.0. The average molecular weight is 321 g/mol. The Morgan fingerprint density at radius 1 is 1.14 bits per heavy atom. The Hall–Kier alpha value is -2.32. The van der Waals surface area contributed by atoms with Gasteiger partial charge in [-0.2, -0.15) is 4.91 Å². The zero-order chi connectivity index (χ0) is 15.8. The SMILES string of the molecule is O=NCCCNS(=O)(=O)c1ccc(Oc2cccnc2)cc1. The maximum atomic E-state index is 12.0. The van der Waals surface area contributed by atoms with Crippen molar-refractivity contribution in [2.45, 2.75) is 11.3 Å². The van der Waals surface area contributed by atoms with Gasteiger partial charge in [0.25, 0.3) is 0 Å². The van der Waals surface area contributed by atoms with E-state index in [2.05, 4.69) is 14.9 Å². The van der Waals surface area contributed by atoms with Crippen LogP contribution in [-0.2, 0) is 10.0 Å². The molecule has 0 aliphatic carbocycles. The van der Waals surface area contributed by atoms with Crippen LogP contribution in [0.25, 0.3) is 0 Å². The van der Waals surface area contributed by atoms with Crippen LogP contribution in [0.2, 0.25) is 0 Å². The van der Waals surface area contributed by atoms with E-state index in [9.17, 15) is 13.3 Å². The molecule has 116 valence electrons. The molecule has 8 heteroatoms. The topological polar surface area (TPSA) is 97.7 Å². The van der Waals surface area contributed by atoms with E-state index >= 15 is 0 Å². The number of aromatic nitrogens is 1. The Morgan fingerprint density at radius 3 is 2.55 bits per heavy atom. The molecule has 0 saturated carbocycles. The van der Waals surface area contributed by atoms with Crippen molar-refractivity contribution in [2.75, 3.05) is 13.1 Å². The maximum Gasteiger partial charge on any atom is 0.240 e. The summed E-state index contributed by atoms with van der Waals surface area (Å²) in [6, 6.07) is 9.52. The lowest BCUT2D eigenvalue weighted by Gasteiger charge is -2.08. The highest BCUT2D eigenvalue weighted by Crippen LogP contribution is 2.21. The second-order valence-corrected chi connectivity index (χ2v) is 6.13. The Morgan fingerprint density at radius 2 is 1.91 bits per heavy atom. The van der Waals surface area contributed by atoms with Crippen molar-refractivity contribution in [2.24, 2.45) is 5.18 Å². The molecule has 22 heavy (non-hydrogen) atoms. The number of ether oxygens (including phenoxy) is 1. The van der Waals surface area contributed by atoms with Crippen molar-refractivity contribution in [1.82, 2.24) is 9.71 Å². The molecule has 0 spiro atoms. The van der Waals surface area contributed by atoms with Crippen LogP contribution in [0.15, 0.2) is 58.9 Å². The molecule has 0 radical (unpaired) electrons. The summed E-state index contributed by atoms with van der Waals surface area (Å²) in [5.74, 6) is 1.08. The quantitative estimate of drug-likeness (QED) is 0.594. The molecular formula is C14H15N3O4S. The van der Waals surface area contributed by atoms with Gasteiger partial charge in [-0.05, 0) is 42.8 Å². The maximum absolute atomic E-state index is 12.0. The highest BCUT2D eigenvalue weighted by atomic mass is 32.2. The van der Waals surface area contributed by atoms with E-state index in [1.165, 1.54) is 12.1 Å². The molecule has 0 aliphatic heterocycles. The molecule has 1 heterocycles. The monoisotopic (exact) mass is 321 g/mol. The zero-order valence-electron chi connectivity index (χ0n) is 11.7. The average Bonchev–Trinajstić information content (AvgIpc) is 2.53. The number of nitroso groups, excluding NO2 is 1. The largest absolute Gasteiger partial charge is 0.456 e. The second kappa shape index (κ2) is 7.62. The van der Waals surface area contributed by atoms with Gasteiger partial charge in [-0.1, -0.05) is 5.18 Å². The minimum absolute atomic E-state index is 0.0837. The van der Waals surface area contributed by atoms with Crippen LogP contribution in [0.4, 0.5) is 0 Å². The molecule has 0 aliphatic rings. The van der Waals surface area contributed by atoms with Gasteiger partial charge in [0.1, 0.15) is 11.5 Å². The Kier molecular flexibility index (Phi) is 5.56. The molecule has 7 nitrogen and oxygen atoms in total. The van der Waals surface area contributed by atoms with Crippen LogP contribution in [-0.4, -0.2) is 26.5 Å². The molecule has 0 unspecified atom stereocenters. The van der Waals surface area contributed by atoms with Crippen molar-refractivity contribution in [1.29, 1.82) is 0 Å². The third kappa shape index (κ3) is 4.61. The van der Waals surface area contributed by atoms with E-state index in [4.69, 9.17) is 4.74 Å². The lowest BCUT2D eigenvalue weighted by atomic mass is 10.3. The zero-order valence-corrected chi connectivity index (χ0v) is 12.5. The van der Waals surface area contributed by atoms with Gasteiger partial charge in [-0.3, -0.25) is 4.98 Å². The number of hydrogen-bond donors (Lipinski definition) is 1. The van der Waals surface area contributed by atoms with Gasteiger partial charge < -0.3 is 4.74 Å². The van der Waals surface area contributed by atoms with E-state index in [1.807, 2.05) is 0 Å². The third-order valence-electron chi connectivity index (χ3n) is 2.72. The molecule has 0 amide bonds. The van der Waals surface area contributed by atoms with E-state index in [-0.39, 0.29) is 18.0 Å². The number of sulfonamides is 1. The summed E-state index contributed by atoms with van der Waals surface area (Å²) in [6.45, 7) is 0.252. The van der Waals surface area contributed by atoms with Crippen LogP contribution in [0, 0.1) is 4.91 Å². The molecule has 0 atom stereocenters. The highest BCUT2D eigenvalue weighted by molar-refractivity contribution is 7.89. The first-order chi connectivity index (χ1) is 10.6. The first-order valence-electron chi connectivity index (χ1n) is 6.58. The fourth-order valence-corrected chi connectivity index (χ4v) is 2.74. The minimum Gasteiger partial charge on any atom is -0.456 e. The molecule has 0 fully saturated rings. The second-order valence-electron chi connectivity index (χ2n) is 4.37. The van der Waals surface area contributed by atoms with Gasteiger partial charge in [-0.15, -0.1) is 0 Å². The summed E-state index contributed by atoms with van der Waals surface area (Å²) >= 11 is 0. The van der Waals surface area contributed by atoms with Crippen LogP contribution in [0.3, 0.4) is 0 Å². The Balaban J connectivity index is 2.00. The van der Waals surface area contributed by atoms with Crippen molar-refractivity contribution in [3.05, 3.63) is 53.7 Å². The van der Waals surface area contributed by atoms with Gasteiger partial charge in [0.15, 0.2) is 0 Å². The minimum atomic E-state index is -3.59. The summed E-state index contributed by atoms with van der Waals surface area (Å²) in [5.41, 5.74) is 0. The van der Waals surface area contributed by atoms with E-state index in [1.54, 1.807) is 36.7 Å². The molecule has 0 bridgehead atoms. The highest BCUT2D eigenvalue weighted by Gasteiger charge is 2.13. The summed E-state index contributed by atoms with van der Waals surface area (Å²) in [6.07, 6.45) is 3.56. The van der Waals surface area contributed by atoms with Crippen molar-refractivity contribution in [3.63, 3.8) is 0 Å². The van der Waals surface area contributed by atoms with Gasteiger partial charge in [0.2, 0.25) is 10.0 Å². The van der Waals surface area contributed by atoms with Crippen molar-refractivity contribution in [3.8, 4) is 11.5 Å². The summed E-state index contributed by atoms with van der Waals surface area (Å²) < 4.78 is 31.9. The van der Waals surface area contributed by atoms with E-state index in [0.29, 0.717) is 17.9 Å². The Bertz CT molecular complexity index is 703. The smallest absolute Gasteiger partial charge is 0.240 e. The first-order valence-corrected chi connectivity index (χ1v) is 8.07. The first kappa shape index (κ1) is 16.1. The summed E-state index contributed by atoms with van der Waals surface area (Å²) in [5, 5.41) is 2.67. The molecule has 1 aromatic carbocycles. The summed E-state index contributed by atoms with van der Waals surface area (Å²) in [7, 11) is -3.59. The van der Waals surface area contributed by atoms with E-state index < -0.39 is 10.0 Å². The van der Waals surface area contributed by atoms with Crippen LogP contribution in [0.5, 0.6) is 11.5 Å². The number of nitrogens with one attached hydrogen (secondary N) is 1. The van der Waals surface area contributed by atoms with Gasteiger partial charge >= 0.3 is 0 Å². The molecule has 0 saturated heterocycles. The number of nitrogens with zero attached hydrogens (tertiary/aromatic N) is 2. The molecule has 2 rings (SSSR count). The molecular weight excluding hydrogens is 306 g/mol. The van der Waals surface area contributed by atoms with Gasteiger partial charge in [-0.25, -0.2) is 13.1 Å². The molecule has 1 aromatic heterocycles. The van der Waals surface area contributed by atoms with Gasteiger partial charge in [0, 0.05) is 12.7 Å². The lowest BCUT2D eigenvalue weighted by molar-refractivity contribution is 0.479. The lowest BCUT2D eigenvalue weighted by Crippen LogP contribution is -2.25. The normalized spacial score (nSPS) is 11.1. The number of pyridine rings is 1. The fourth-order valence-electron chi connectivity index (χ4n) is 1.66. The van der Waals surface area contributed by atoms with Crippen LogP contribution in [0.1, 0.15) is 6.42 Å². The van der Waals surface area contributed by atoms with Crippen LogP contribution < -0.4 is 9.46 Å². The fraction of sp³-hybridized carbons (Fsp3) is 0.214. The van der Waals surface area contributed by atoms with E-state index in [0.717, 1.165) is 0 Å². The predicted octanol–water partition coefficient (Wildman–Crippen LogP) is 2.31. The standard InChI is InChI=1S/C14H15N3O4S/c18-16-9-2-10-17-22(19,20)14-6-4-12(5-7-14)21-13-3-1-8-15-11-13/h1,3-8,11,17H,2,9-10H2. The Labute approximate surface area is 128 Å². The predicted molar refractivity (Wildman–Crippen MR) is 81.2 cm³/mol. The molecule has 2 aromatic rings. The van der Waals surface area contributed by atoms with Gasteiger partial charge in [0.05, 0.1) is 17.6 Å².